The van der Waals surface area contributed by atoms with Crippen LogP contribution in [-0.4, -0.2) is 46.7 Å². The van der Waals surface area contributed by atoms with Gasteiger partial charge in [-0.25, -0.2) is 4.98 Å². The third-order valence-corrected chi connectivity index (χ3v) is 4.70. The van der Waals surface area contributed by atoms with E-state index in [1.54, 1.807) is 0 Å². The molecule has 2 unspecified atom stereocenters. The van der Waals surface area contributed by atoms with Crippen molar-refractivity contribution in [2.45, 2.75) is 51.8 Å². The van der Waals surface area contributed by atoms with E-state index in [1.165, 1.54) is 19.4 Å². The lowest BCUT2D eigenvalue weighted by Crippen LogP contribution is -2.55. The number of pyridine rings is 1. The normalized spacial score (nSPS) is 26.9. The first-order valence-corrected chi connectivity index (χ1v) is 7.82. The van der Waals surface area contributed by atoms with Crippen LogP contribution in [0.1, 0.15) is 37.9 Å². The van der Waals surface area contributed by atoms with Crippen LogP contribution >= 0.6 is 0 Å². The van der Waals surface area contributed by atoms with Crippen LogP contribution in [0.15, 0.2) is 12.1 Å². The van der Waals surface area contributed by atoms with Gasteiger partial charge in [0.25, 0.3) is 0 Å². The lowest BCUT2D eigenvalue weighted by molar-refractivity contribution is 0.202. The van der Waals surface area contributed by atoms with Gasteiger partial charge in [-0.1, -0.05) is 6.92 Å². The van der Waals surface area contributed by atoms with Crippen LogP contribution in [0.2, 0.25) is 0 Å². The molecule has 4 heteroatoms. The molecule has 0 aromatic carbocycles. The van der Waals surface area contributed by atoms with Crippen molar-refractivity contribution in [2.75, 3.05) is 24.5 Å². The number of fused-ring (bicyclic) bond motifs is 1. The fourth-order valence-electron chi connectivity index (χ4n) is 3.56. The summed E-state index contributed by atoms with van der Waals surface area (Å²) in [6.07, 6.45) is 3.55. The van der Waals surface area contributed by atoms with Gasteiger partial charge in [0.05, 0.1) is 6.61 Å². The van der Waals surface area contributed by atoms with Gasteiger partial charge < -0.3 is 10.0 Å². The first-order chi connectivity index (χ1) is 9.71. The number of anilines is 1. The number of hydrogen-bond acceptors (Lipinski definition) is 4. The summed E-state index contributed by atoms with van der Waals surface area (Å²) >= 11 is 0. The Kier molecular flexibility index (Phi) is 3.94. The zero-order valence-electron chi connectivity index (χ0n) is 12.5. The second-order valence-corrected chi connectivity index (χ2v) is 6.13. The van der Waals surface area contributed by atoms with Crippen molar-refractivity contribution < 1.29 is 5.11 Å². The number of aliphatic hydroxyl groups is 1. The lowest BCUT2D eigenvalue weighted by Gasteiger charge is -2.43. The van der Waals surface area contributed by atoms with Crippen molar-refractivity contribution in [3.63, 3.8) is 0 Å². The molecular weight excluding hydrogens is 250 g/mol. The monoisotopic (exact) mass is 275 g/mol. The Hall–Kier alpha value is -1.13. The highest BCUT2D eigenvalue weighted by Gasteiger charge is 2.34. The van der Waals surface area contributed by atoms with Crippen molar-refractivity contribution in [1.82, 2.24) is 9.88 Å². The Labute approximate surface area is 121 Å². The number of aliphatic hydroxyl groups excluding tert-OH is 1. The molecule has 2 saturated heterocycles. The van der Waals surface area contributed by atoms with Crippen molar-refractivity contribution in [2.24, 2.45) is 0 Å². The van der Waals surface area contributed by atoms with E-state index in [1.807, 2.05) is 6.07 Å². The molecule has 3 heterocycles. The van der Waals surface area contributed by atoms with Crippen LogP contribution in [0.25, 0.3) is 0 Å². The molecule has 2 aliphatic heterocycles. The van der Waals surface area contributed by atoms with E-state index in [4.69, 9.17) is 4.98 Å². The van der Waals surface area contributed by atoms with Gasteiger partial charge in [-0.3, -0.25) is 4.90 Å². The molecule has 2 atom stereocenters. The number of aromatic nitrogens is 1. The standard InChI is InChI=1S/C16H25N3O/c1-3-14-7-13(11-20)8-16(17-14)19-10-15-5-4-6-18(15)9-12(19)2/h7-8,12,15,20H,3-6,9-11H2,1-2H3. The maximum absolute atomic E-state index is 9.44. The predicted octanol–water partition coefficient (Wildman–Crippen LogP) is 1.81. The third-order valence-electron chi connectivity index (χ3n) is 4.70. The Balaban J connectivity index is 1.87. The Bertz CT molecular complexity index is 455. The first kappa shape index (κ1) is 13.8. The molecule has 0 aliphatic carbocycles. The SMILES string of the molecule is CCc1cc(CO)cc(N2CC3CCCN3CC2C)n1. The average molecular weight is 275 g/mol. The zero-order chi connectivity index (χ0) is 14.1. The van der Waals surface area contributed by atoms with Crippen LogP contribution in [0, 0.1) is 0 Å². The fourth-order valence-corrected chi connectivity index (χ4v) is 3.56. The Morgan fingerprint density at radius 2 is 2.20 bits per heavy atom. The van der Waals surface area contributed by atoms with E-state index in [9.17, 15) is 5.11 Å². The average Bonchev–Trinajstić information content (AvgIpc) is 2.92. The summed E-state index contributed by atoms with van der Waals surface area (Å²) in [7, 11) is 0. The van der Waals surface area contributed by atoms with Gasteiger partial charge in [0.2, 0.25) is 0 Å². The van der Waals surface area contributed by atoms with Crippen molar-refractivity contribution in [3.8, 4) is 0 Å². The van der Waals surface area contributed by atoms with E-state index in [2.05, 4.69) is 29.7 Å². The summed E-state index contributed by atoms with van der Waals surface area (Å²) in [6, 6.07) is 5.26. The fraction of sp³-hybridized carbons (Fsp3) is 0.688. The summed E-state index contributed by atoms with van der Waals surface area (Å²) < 4.78 is 0. The molecule has 4 nitrogen and oxygen atoms in total. The van der Waals surface area contributed by atoms with Gasteiger partial charge in [0, 0.05) is 30.9 Å². The minimum Gasteiger partial charge on any atom is -0.392 e. The largest absolute Gasteiger partial charge is 0.392 e. The minimum absolute atomic E-state index is 0.0975. The molecule has 2 aliphatic rings. The highest BCUT2D eigenvalue weighted by molar-refractivity contribution is 5.45. The van der Waals surface area contributed by atoms with Crippen LogP contribution in [0.3, 0.4) is 0 Å². The summed E-state index contributed by atoms with van der Waals surface area (Å²) in [5.74, 6) is 1.05. The molecule has 3 rings (SSSR count). The highest BCUT2D eigenvalue weighted by Crippen LogP contribution is 2.28. The molecule has 110 valence electrons. The summed E-state index contributed by atoms with van der Waals surface area (Å²) in [5, 5.41) is 9.44. The quantitative estimate of drug-likeness (QED) is 0.913. The minimum atomic E-state index is 0.0975. The topological polar surface area (TPSA) is 39.6 Å². The lowest BCUT2D eigenvalue weighted by atomic mass is 10.1. The molecule has 1 N–H and O–H groups in total. The van der Waals surface area contributed by atoms with Crippen LogP contribution < -0.4 is 4.90 Å². The summed E-state index contributed by atoms with van der Waals surface area (Å²) in [5.41, 5.74) is 2.06. The molecule has 0 saturated carbocycles. The highest BCUT2D eigenvalue weighted by atomic mass is 16.3. The number of aryl methyl sites for hydroxylation is 1. The van der Waals surface area contributed by atoms with Gasteiger partial charge in [0.1, 0.15) is 5.82 Å². The van der Waals surface area contributed by atoms with Gasteiger partial charge >= 0.3 is 0 Å². The third kappa shape index (κ3) is 2.54. The molecule has 0 spiro atoms. The van der Waals surface area contributed by atoms with Gasteiger partial charge in [-0.05, 0) is 50.4 Å². The van der Waals surface area contributed by atoms with Gasteiger partial charge in [-0.2, -0.15) is 0 Å². The van der Waals surface area contributed by atoms with Crippen molar-refractivity contribution in [3.05, 3.63) is 23.4 Å². The molecule has 0 amide bonds. The van der Waals surface area contributed by atoms with E-state index in [0.717, 1.165) is 36.6 Å². The van der Waals surface area contributed by atoms with E-state index in [0.29, 0.717) is 12.1 Å². The van der Waals surface area contributed by atoms with Crippen molar-refractivity contribution >= 4 is 5.82 Å². The molecule has 0 bridgehead atoms. The maximum atomic E-state index is 9.44. The van der Waals surface area contributed by atoms with E-state index in [-0.39, 0.29) is 6.61 Å². The van der Waals surface area contributed by atoms with E-state index < -0.39 is 0 Å². The van der Waals surface area contributed by atoms with E-state index >= 15 is 0 Å². The summed E-state index contributed by atoms with van der Waals surface area (Å²) in [4.78, 5) is 9.84. The second kappa shape index (κ2) is 5.70. The number of rotatable bonds is 3. The number of piperazine rings is 1. The maximum Gasteiger partial charge on any atom is 0.129 e. The molecular formula is C16H25N3O. The van der Waals surface area contributed by atoms with Gasteiger partial charge in [0.15, 0.2) is 0 Å². The first-order valence-electron chi connectivity index (χ1n) is 7.82. The molecule has 1 aromatic rings. The number of hydrogen-bond donors (Lipinski definition) is 1. The Morgan fingerprint density at radius 3 is 2.95 bits per heavy atom. The predicted molar refractivity (Wildman–Crippen MR) is 80.9 cm³/mol. The van der Waals surface area contributed by atoms with Crippen molar-refractivity contribution in [1.29, 1.82) is 0 Å². The zero-order valence-corrected chi connectivity index (χ0v) is 12.5. The van der Waals surface area contributed by atoms with Gasteiger partial charge in [-0.15, -0.1) is 0 Å². The Morgan fingerprint density at radius 1 is 1.35 bits per heavy atom. The molecule has 2 fully saturated rings. The molecule has 1 aromatic heterocycles. The second-order valence-electron chi connectivity index (χ2n) is 6.13. The summed E-state index contributed by atoms with van der Waals surface area (Å²) in [6.45, 7) is 7.97. The van der Waals surface area contributed by atoms with Crippen LogP contribution in [0.4, 0.5) is 5.82 Å². The number of nitrogens with zero attached hydrogens (tertiary/aromatic N) is 3. The van der Waals surface area contributed by atoms with Crippen LogP contribution in [0.5, 0.6) is 0 Å². The molecule has 20 heavy (non-hydrogen) atoms. The van der Waals surface area contributed by atoms with Crippen LogP contribution in [-0.2, 0) is 13.0 Å². The smallest absolute Gasteiger partial charge is 0.129 e. The molecule has 0 radical (unpaired) electrons.